The molecule has 0 spiro atoms. The van der Waals surface area contributed by atoms with E-state index in [0.717, 1.165) is 0 Å². The second-order valence-corrected chi connectivity index (χ2v) is 5.22. The van der Waals surface area contributed by atoms with Crippen LogP contribution in [0.25, 0.3) is 0 Å². The van der Waals surface area contributed by atoms with E-state index in [1.165, 1.54) is 0 Å². The molecule has 5 nitrogen and oxygen atoms in total. The van der Waals surface area contributed by atoms with Gasteiger partial charge in [-0.2, -0.15) is 0 Å². The van der Waals surface area contributed by atoms with E-state index in [-0.39, 0.29) is 13.2 Å². The van der Waals surface area contributed by atoms with Crippen molar-refractivity contribution >= 4 is 11.9 Å². The molecule has 2 aromatic carbocycles. The Morgan fingerprint density at radius 1 is 0.875 bits per heavy atom. The Kier molecular flexibility index (Phi) is 6.98. The molecule has 0 saturated heterocycles. The van der Waals surface area contributed by atoms with Crippen LogP contribution >= 0.6 is 0 Å². The van der Waals surface area contributed by atoms with Crippen LogP contribution in [0.4, 0.5) is 0 Å². The van der Waals surface area contributed by atoms with Crippen molar-refractivity contribution in [2.24, 2.45) is 0 Å². The van der Waals surface area contributed by atoms with Gasteiger partial charge in [0.2, 0.25) is 0 Å². The molecule has 2 aromatic rings. The van der Waals surface area contributed by atoms with Gasteiger partial charge in [-0.15, -0.1) is 0 Å². The molecular formula is C19H20O5. The van der Waals surface area contributed by atoms with E-state index in [0.29, 0.717) is 24.0 Å². The highest BCUT2D eigenvalue weighted by Crippen LogP contribution is 2.10. The number of aliphatic hydroxyl groups is 1. The number of aliphatic hydroxyl groups excluding tert-OH is 1. The number of benzene rings is 2. The molecule has 24 heavy (non-hydrogen) atoms. The second kappa shape index (κ2) is 9.47. The first-order valence-electron chi connectivity index (χ1n) is 7.79. The van der Waals surface area contributed by atoms with Gasteiger partial charge in [0.1, 0.15) is 12.7 Å². The maximum Gasteiger partial charge on any atom is 0.338 e. The lowest BCUT2D eigenvalue weighted by Gasteiger charge is -2.17. The third-order valence-electron chi connectivity index (χ3n) is 3.38. The summed E-state index contributed by atoms with van der Waals surface area (Å²) in [4.78, 5) is 24.1. The minimum absolute atomic E-state index is 0.0218. The van der Waals surface area contributed by atoms with Gasteiger partial charge in [0.15, 0.2) is 0 Å². The van der Waals surface area contributed by atoms with Crippen molar-refractivity contribution in [3.63, 3.8) is 0 Å². The highest BCUT2D eigenvalue weighted by Gasteiger charge is 2.18. The van der Waals surface area contributed by atoms with E-state index >= 15 is 0 Å². The van der Waals surface area contributed by atoms with Gasteiger partial charge in [0, 0.05) is 6.61 Å². The van der Waals surface area contributed by atoms with Crippen LogP contribution in [0.1, 0.15) is 33.6 Å². The zero-order valence-electron chi connectivity index (χ0n) is 13.3. The molecule has 1 unspecified atom stereocenters. The molecule has 0 bridgehead atoms. The molecule has 1 atom stereocenters. The van der Waals surface area contributed by atoms with Gasteiger partial charge < -0.3 is 14.6 Å². The fourth-order valence-corrected chi connectivity index (χ4v) is 2.12. The molecule has 0 radical (unpaired) electrons. The summed E-state index contributed by atoms with van der Waals surface area (Å²) in [5, 5.41) is 8.97. The Morgan fingerprint density at radius 2 is 1.42 bits per heavy atom. The maximum absolute atomic E-state index is 12.1. The lowest BCUT2D eigenvalue weighted by molar-refractivity contribution is -0.00429. The van der Waals surface area contributed by atoms with E-state index in [1.54, 1.807) is 48.5 Å². The first kappa shape index (κ1) is 17.7. The van der Waals surface area contributed by atoms with Crippen molar-refractivity contribution in [2.75, 3.05) is 13.2 Å². The van der Waals surface area contributed by atoms with Crippen molar-refractivity contribution < 1.29 is 24.2 Å². The molecule has 126 valence electrons. The van der Waals surface area contributed by atoms with E-state index in [2.05, 4.69) is 0 Å². The highest BCUT2D eigenvalue weighted by molar-refractivity contribution is 5.90. The van der Waals surface area contributed by atoms with Gasteiger partial charge in [-0.25, -0.2) is 9.59 Å². The zero-order valence-corrected chi connectivity index (χ0v) is 13.3. The van der Waals surface area contributed by atoms with Crippen molar-refractivity contribution in [1.29, 1.82) is 0 Å². The standard InChI is InChI=1S/C19H20O5/c20-13-7-12-17(24-19(22)16-10-5-2-6-11-16)14-23-18(21)15-8-3-1-4-9-15/h1-6,8-11,17,20H,7,12-14H2. The van der Waals surface area contributed by atoms with Crippen LogP contribution in [-0.4, -0.2) is 36.4 Å². The summed E-state index contributed by atoms with van der Waals surface area (Å²) in [6.45, 7) is -0.0711. The molecule has 0 aliphatic heterocycles. The average Bonchev–Trinajstić information content (AvgIpc) is 2.65. The molecule has 5 heteroatoms. The quantitative estimate of drug-likeness (QED) is 0.754. The minimum Gasteiger partial charge on any atom is -0.458 e. The lowest BCUT2D eigenvalue weighted by Crippen LogP contribution is -2.25. The molecule has 0 amide bonds. The van der Waals surface area contributed by atoms with Gasteiger partial charge in [-0.05, 0) is 37.1 Å². The Morgan fingerprint density at radius 3 is 1.96 bits per heavy atom. The fourth-order valence-electron chi connectivity index (χ4n) is 2.12. The molecule has 0 aromatic heterocycles. The molecule has 0 saturated carbocycles. The van der Waals surface area contributed by atoms with E-state index in [9.17, 15) is 9.59 Å². The predicted octanol–water partition coefficient (Wildman–Crippen LogP) is 2.84. The van der Waals surface area contributed by atoms with Crippen LogP contribution in [-0.2, 0) is 9.47 Å². The number of hydrogen-bond acceptors (Lipinski definition) is 5. The third kappa shape index (κ3) is 5.52. The monoisotopic (exact) mass is 328 g/mol. The fraction of sp³-hybridized carbons (Fsp3) is 0.263. The van der Waals surface area contributed by atoms with E-state index in [1.807, 2.05) is 12.1 Å². The smallest absolute Gasteiger partial charge is 0.338 e. The van der Waals surface area contributed by atoms with Gasteiger partial charge in [-0.1, -0.05) is 36.4 Å². The first-order chi connectivity index (χ1) is 11.7. The summed E-state index contributed by atoms with van der Waals surface area (Å²) < 4.78 is 10.6. The molecule has 1 N–H and O–H groups in total. The topological polar surface area (TPSA) is 72.8 Å². The molecule has 0 heterocycles. The van der Waals surface area contributed by atoms with Crippen LogP contribution in [0, 0.1) is 0 Å². The molecule has 2 rings (SSSR count). The number of carbonyl (C=O) groups is 2. The number of rotatable bonds is 8. The Hall–Kier alpha value is -2.66. The van der Waals surface area contributed by atoms with Crippen LogP contribution in [0.15, 0.2) is 60.7 Å². The number of ether oxygens (including phenoxy) is 2. The minimum atomic E-state index is -0.600. The van der Waals surface area contributed by atoms with Gasteiger partial charge in [0.05, 0.1) is 11.1 Å². The largest absolute Gasteiger partial charge is 0.458 e. The normalized spacial score (nSPS) is 11.5. The van der Waals surface area contributed by atoms with Gasteiger partial charge in [-0.3, -0.25) is 0 Å². The van der Waals surface area contributed by atoms with Crippen LogP contribution < -0.4 is 0 Å². The Balaban J connectivity index is 1.93. The van der Waals surface area contributed by atoms with Gasteiger partial charge in [0.25, 0.3) is 0 Å². The van der Waals surface area contributed by atoms with Crippen molar-refractivity contribution in [3.8, 4) is 0 Å². The molecule has 0 aliphatic rings. The summed E-state index contributed by atoms with van der Waals surface area (Å²) in [6, 6.07) is 17.2. The van der Waals surface area contributed by atoms with E-state index < -0.39 is 18.0 Å². The van der Waals surface area contributed by atoms with E-state index in [4.69, 9.17) is 14.6 Å². The Bertz CT molecular complexity index is 639. The number of esters is 2. The van der Waals surface area contributed by atoms with Crippen molar-refractivity contribution in [3.05, 3.63) is 71.8 Å². The molecule has 0 fully saturated rings. The zero-order chi connectivity index (χ0) is 17.2. The highest BCUT2D eigenvalue weighted by atomic mass is 16.6. The lowest BCUT2D eigenvalue weighted by atomic mass is 10.2. The average molecular weight is 328 g/mol. The number of carbonyl (C=O) groups excluding carboxylic acids is 2. The maximum atomic E-state index is 12.1. The first-order valence-corrected chi connectivity index (χ1v) is 7.79. The summed E-state index contributed by atoms with van der Waals surface area (Å²) in [6.07, 6.45) is 0.268. The summed E-state index contributed by atoms with van der Waals surface area (Å²) in [5.41, 5.74) is 0.869. The molecule has 0 aliphatic carbocycles. The SMILES string of the molecule is O=C(OCC(CCCO)OC(=O)c1ccccc1)c1ccccc1. The summed E-state index contributed by atoms with van der Waals surface area (Å²) >= 11 is 0. The van der Waals surface area contributed by atoms with Crippen LogP contribution in [0.3, 0.4) is 0 Å². The van der Waals surface area contributed by atoms with Crippen LogP contribution in [0.5, 0.6) is 0 Å². The third-order valence-corrected chi connectivity index (χ3v) is 3.38. The van der Waals surface area contributed by atoms with Gasteiger partial charge >= 0.3 is 11.9 Å². The van der Waals surface area contributed by atoms with Crippen molar-refractivity contribution in [1.82, 2.24) is 0 Å². The summed E-state index contributed by atoms with van der Waals surface area (Å²) in [5.74, 6) is -0.949. The molecular weight excluding hydrogens is 308 g/mol. The Labute approximate surface area is 140 Å². The van der Waals surface area contributed by atoms with Crippen LogP contribution in [0.2, 0.25) is 0 Å². The number of hydrogen-bond donors (Lipinski definition) is 1. The second-order valence-electron chi connectivity index (χ2n) is 5.22. The summed E-state index contributed by atoms with van der Waals surface area (Å²) in [7, 11) is 0. The van der Waals surface area contributed by atoms with Crippen molar-refractivity contribution in [2.45, 2.75) is 18.9 Å². The predicted molar refractivity (Wildman–Crippen MR) is 88.7 cm³/mol.